The third-order valence-corrected chi connectivity index (χ3v) is 2.50. The molecule has 0 amide bonds. The number of rotatable bonds is 2. The highest BCUT2D eigenvalue weighted by molar-refractivity contribution is 9.10. The Morgan fingerprint density at radius 1 is 1.53 bits per heavy atom. The SMILES string of the molecule is NCc1ncc(Cl)c(OC(F)(F)F)c1Br. The molecule has 1 aromatic heterocycles. The van der Waals surface area contributed by atoms with Crippen molar-refractivity contribution in [1.29, 1.82) is 0 Å². The van der Waals surface area contributed by atoms with Crippen LogP contribution in [0.2, 0.25) is 5.02 Å². The smallest absolute Gasteiger partial charge is 0.403 e. The molecule has 0 unspecified atom stereocenters. The van der Waals surface area contributed by atoms with E-state index in [4.69, 9.17) is 17.3 Å². The van der Waals surface area contributed by atoms with Gasteiger partial charge in [-0.05, 0) is 15.9 Å². The van der Waals surface area contributed by atoms with Gasteiger partial charge in [0.25, 0.3) is 0 Å². The van der Waals surface area contributed by atoms with Gasteiger partial charge in [-0.15, -0.1) is 13.2 Å². The molecule has 0 aliphatic carbocycles. The minimum Gasteiger partial charge on any atom is -0.403 e. The molecule has 0 aliphatic rings. The van der Waals surface area contributed by atoms with Crippen LogP contribution in [0, 0.1) is 0 Å². The summed E-state index contributed by atoms with van der Waals surface area (Å²) in [6.45, 7) is -0.0219. The molecule has 3 nitrogen and oxygen atoms in total. The zero-order valence-corrected chi connectivity index (χ0v) is 9.45. The third-order valence-electron chi connectivity index (χ3n) is 1.41. The molecular formula is C7H5BrClF3N2O. The molecule has 1 aromatic rings. The fraction of sp³-hybridized carbons (Fsp3) is 0.286. The van der Waals surface area contributed by atoms with Gasteiger partial charge < -0.3 is 10.5 Å². The molecule has 0 saturated carbocycles. The van der Waals surface area contributed by atoms with Crippen molar-refractivity contribution in [1.82, 2.24) is 4.98 Å². The number of nitrogens with two attached hydrogens (primary N) is 1. The van der Waals surface area contributed by atoms with Crippen LogP contribution in [-0.4, -0.2) is 11.3 Å². The largest absolute Gasteiger partial charge is 0.573 e. The average molecular weight is 305 g/mol. The monoisotopic (exact) mass is 304 g/mol. The first-order chi connectivity index (χ1) is 6.85. The molecule has 1 heterocycles. The number of hydrogen-bond acceptors (Lipinski definition) is 3. The topological polar surface area (TPSA) is 48.1 Å². The van der Waals surface area contributed by atoms with Gasteiger partial charge in [-0.1, -0.05) is 11.6 Å². The Hall–Kier alpha value is -0.530. The minimum atomic E-state index is -4.81. The molecule has 2 N–H and O–H groups in total. The molecule has 1 rings (SSSR count). The highest BCUT2D eigenvalue weighted by atomic mass is 79.9. The molecular weight excluding hydrogens is 300 g/mol. The Kier molecular flexibility index (Phi) is 3.80. The Morgan fingerprint density at radius 2 is 2.13 bits per heavy atom. The minimum absolute atomic E-state index is 0.00910. The summed E-state index contributed by atoms with van der Waals surface area (Å²) in [5, 5.41) is -0.239. The van der Waals surface area contributed by atoms with Gasteiger partial charge in [0.15, 0.2) is 5.75 Å². The van der Waals surface area contributed by atoms with Crippen molar-refractivity contribution in [3.63, 3.8) is 0 Å². The molecule has 0 bridgehead atoms. The van der Waals surface area contributed by atoms with Crippen LogP contribution in [0.1, 0.15) is 5.69 Å². The van der Waals surface area contributed by atoms with Gasteiger partial charge in [-0.2, -0.15) is 0 Å². The van der Waals surface area contributed by atoms with Crippen molar-refractivity contribution in [2.45, 2.75) is 12.9 Å². The second kappa shape index (κ2) is 4.54. The predicted octanol–water partition coefficient (Wildman–Crippen LogP) is 2.85. The van der Waals surface area contributed by atoms with Crippen LogP contribution in [0.4, 0.5) is 13.2 Å². The molecule has 84 valence electrons. The van der Waals surface area contributed by atoms with Gasteiger partial charge in [0.1, 0.15) is 5.02 Å². The van der Waals surface area contributed by atoms with Crippen molar-refractivity contribution in [3.8, 4) is 5.75 Å². The number of aromatic nitrogens is 1. The van der Waals surface area contributed by atoms with Crippen molar-refractivity contribution in [2.75, 3.05) is 0 Å². The van der Waals surface area contributed by atoms with Gasteiger partial charge in [0, 0.05) is 12.7 Å². The Morgan fingerprint density at radius 3 is 2.60 bits per heavy atom. The number of nitrogens with zero attached hydrogens (tertiary/aromatic N) is 1. The lowest BCUT2D eigenvalue weighted by atomic mass is 10.3. The van der Waals surface area contributed by atoms with E-state index in [9.17, 15) is 13.2 Å². The second-order valence-electron chi connectivity index (χ2n) is 2.45. The summed E-state index contributed by atoms with van der Waals surface area (Å²) in [4.78, 5) is 3.74. The van der Waals surface area contributed by atoms with Crippen LogP contribution in [0.5, 0.6) is 5.75 Å². The summed E-state index contributed by atoms with van der Waals surface area (Å²) in [5.74, 6) is -0.528. The maximum Gasteiger partial charge on any atom is 0.573 e. The number of hydrogen-bond donors (Lipinski definition) is 1. The molecule has 0 aliphatic heterocycles. The summed E-state index contributed by atoms with van der Waals surface area (Å²) in [6, 6.07) is 0. The standard InChI is InChI=1S/C7H5BrClF3N2O/c8-5-4(1-13)14-2-3(9)6(5)15-7(10,11)12/h2H,1,13H2. The van der Waals surface area contributed by atoms with Crippen LogP contribution in [0.15, 0.2) is 10.7 Å². The van der Waals surface area contributed by atoms with E-state index in [1.807, 2.05) is 0 Å². The normalized spacial score (nSPS) is 11.6. The van der Waals surface area contributed by atoms with Crippen LogP contribution in [0.3, 0.4) is 0 Å². The third kappa shape index (κ3) is 3.22. The quantitative estimate of drug-likeness (QED) is 0.914. The van der Waals surface area contributed by atoms with E-state index in [0.717, 1.165) is 6.20 Å². The lowest BCUT2D eigenvalue weighted by Gasteiger charge is -2.13. The van der Waals surface area contributed by atoms with E-state index < -0.39 is 12.1 Å². The number of pyridine rings is 1. The van der Waals surface area contributed by atoms with Gasteiger partial charge in [0.05, 0.1) is 10.2 Å². The second-order valence-corrected chi connectivity index (χ2v) is 3.65. The maximum absolute atomic E-state index is 12.0. The molecule has 8 heteroatoms. The summed E-state index contributed by atoms with van der Waals surface area (Å²) < 4.78 is 39.7. The molecule has 15 heavy (non-hydrogen) atoms. The highest BCUT2D eigenvalue weighted by Gasteiger charge is 2.33. The summed E-state index contributed by atoms with van der Waals surface area (Å²) in [7, 11) is 0. The van der Waals surface area contributed by atoms with Crippen LogP contribution in [0.25, 0.3) is 0 Å². The lowest BCUT2D eigenvalue weighted by Crippen LogP contribution is -2.18. The van der Waals surface area contributed by atoms with Crippen LogP contribution >= 0.6 is 27.5 Å². The first-order valence-electron chi connectivity index (χ1n) is 3.64. The van der Waals surface area contributed by atoms with Crippen LogP contribution in [-0.2, 0) is 6.54 Å². The molecule has 0 saturated heterocycles. The van der Waals surface area contributed by atoms with Crippen molar-refractivity contribution in [3.05, 3.63) is 21.4 Å². The van der Waals surface area contributed by atoms with E-state index in [1.54, 1.807) is 0 Å². The number of ether oxygens (including phenoxy) is 1. The number of halogens is 5. The average Bonchev–Trinajstić information content (AvgIpc) is 2.11. The molecule has 0 spiro atoms. The molecule has 0 atom stereocenters. The van der Waals surface area contributed by atoms with E-state index in [2.05, 4.69) is 25.7 Å². The van der Waals surface area contributed by atoms with Gasteiger partial charge in [-0.3, -0.25) is 4.98 Å². The summed E-state index contributed by atoms with van der Waals surface area (Å²) >= 11 is 8.40. The van der Waals surface area contributed by atoms with Crippen molar-refractivity contribution < 1.29 is 17.9 Å². The predicted molar refractivity (Wildman–Crippen MR) is 51.5 cm³/mol. The lowest BCUT2D eigenvalue weighted by molar-refractivity contribution is -0.274. The van der Waals surface area contributed by atoms with E-state index >= 15 is 0 Å². The first kappa shape index (κ1) is 12.5. The Labute approximate surface area is 96.5 Å². The Balaban J connectivity index is 3.15. The summed E-state index contributed by atoms with van der Waals surface area (Å²) in [6.07, 6.45) is -3.75. The zero-order valence-electron chi connectivity index (χ0n) is 7.11. The molecule has 0 radical (unpaired) electrons. The van der Waals surface area contributed by atoms with Gasteiger partial charge in [-0.25, -0.2) is 0 Å². The van der Waals surface area contributed by atoms with Gasteiger partial charge in [0.2, 0.25) is 0 Å². The fourth-order valence-corrected chi connectivity index (χ4v) is 1.69. The molecule has 0 fully saturated rings. The van der Waals surface area contributed by atoms with Crippen molar-refractivity contribution in [2.24, 2.45) is 5.73 Å². The van der Waals surface area contributed by atoms with Crippen LogP contribution < -0.4 is 10.5 Å². The van der Waals surface area contributed by atoms with E-state index in [1.165, 1.54) is 0 Å². The van der Waals surface area contributed by atoms with Crippen molar-refractivity contribution >= 4 is 27.5 Å². The zero-order chi connectivity index (χ0) is 11.6. The highest BCUT2D eigenvalue weighted by Crippen LogP contribution is 2.37. The van der Waals surface area contributed by atoms with E-state index in [0.29, 0.717) is 0 Å². The van der Waals surface area contributed by atoms with Gasteiger partial charge >= 0.3 is 6.36 Å². The Bertz CT molecular complexity index is 372. The number of alkyl halides is 3. The first-order valence-corrected chi connectivity index (χ1v) is 4.81. The maximum atomic E-state index is 12.0. The fourth-order valence-electron chi connectivity index (χ4n) is 0.837. The van der Waals surface area contributed by atoms with E-state index in [-0.39, 0.29) is 21.7 Å². The summed E-state index contributed by atoms with van der Waals surface area (Å²) in [5.41, 5.74) is 5.50. The molecule has 0 aromatic carbocycles.